The highest BCUT2D eigenvalue weighted by Crippen LogP contribution is 2.22. The zero-order valence-corrected chi connectivity index (χ0v) is 10.2. The summed E-state index contributed by atoms with van der Waals surface area (Å²) in [7, 11) is 0. The second-order valence-corrected chi connectivity index (χ2v) is 4.44. The molecule has 0 amide bonds. The molecule has 0 radical (unpaired) electrons. The summed E-state index contributed by atoms with van der Waals surface area (Å²) >= 11 is 0. The summed E-state index contributed by atoms with van der Waals surface area (Å²) in [4.78, 5) is 0. The lowest BCUT2D eigenvalue weighted by molar-refractivity contribution is 0.524. The second-order valence-electron chi connectivity index (χ2n) is 4.44. The van der Waals surface area contributed by atoms with E-state index in [4.69, 9.17) is 5.73 Å². The number of benzene rings is 2. The minimum Gasteiger partial charge on any atom is -0.323 e. The van der Waals surface area contributed by atoms with Crippen molar-refractivity contribution in [1.82, 2.24) is 0 Å². The minimum absolute atomic E-state index is 0.0426. The van der Waals surface area contributed by atoms with Crippen LogP contribution >= 0.6 is 0 Å². The number of halogens is 2. The van der Waals surface area contributed by atoms with E-state index in [0.29, 0.717) is 6.42 Å². The Kier molecular flexibility index (Phi) is 3.72. The maximum Gasteiger partial charge on any atom is 0.130 e. The third-order valence-electron chi connectivity index (χ3n) is 2.91. The third kappa shape index (κ3) is 2.74. The lowest BCUT2D eigenvalue weighted by atomic mass is 9.98. The Balaban J connectivity index is 2.25. The average molecular weight is 247 g/mol. The van der Waals surface area contributed by atoms with E-state index in [9.17, 15) is 8.78 Å². The monoisotopic (exact) mass is 247 g/mol. The van der Waals surface area contributed by atoms with Crippen LogP contribution in [0.5, 0.6) is 0 Å². The van der Waals surface area contributed by atoms with Gasteiger partial charge in [-0.2, -0.15) is 0 Å². The Morgan fingerprint density at radius 3 is 2.28 bits per heavy atom. The molecule has 0 saturated carbocycles. The van der Waals surface area contributed by atoms with Crippen molar-refractivity contribution in [2.75, 3.05) is 0 Å². The first-order valence-corrected chi connectivity index (χ1v) is 5.83. The molecular formula is C15H15F2N. The fourth-order valence-electron chi connectivity index (χ4n) is 2.06. The van der Waals surface area contributed by atoms with Crippen molar-refractivity contribution in [3.05, 3.63) is 70.8 Å². The molecule has 1 unspecified atom stereocenters. The van der Waals surface area contributed by atoms with Gasteiger partial charge in [0.1, 0.15) is 11.6 Å². The van der Waals surface area contributed by atoms with Crippen molar-refractivity contribution in [3.8, 4) is 0 Å². The van der Waals surface area contributed by atoms with Crippen LogP contribution in [0.15, 0.2) is 42.5 Å². The summed E-state index contributed by atoms with van der Waals surface area (Å²) in [6, 6.07) is 10.9. The van der Waals surface area contributed by atoms with Gasteiger partial charge < -0.3 is 5.73 Å². The van der Waals surface area contributed by atoms with E-state index in [1.807, 2.05) is 31.2 Å². The topological polar surface area (TPSA) is 26.0 Å². The summed E-state index contributed by atoms with van der Waals surface area (Å²) in [5, 5.41) is 0. The fraction of sp³-hybridized carbons (Fsp3) is 0.200. The van der Waals surface area contributed by atoms with Crippen molar-refractivity contribution in [2.45, 2.75) is 19.4 Å². The van der Waals surface area contributed by atoms with Gasteiger partial charge in [-0.05, 0) is 31.0 Å². The Morgan fingerprint density at radius 2 is 1.67 bits per heavy atom. The normalized spacial score (nSPS) is 12.4. The van der Waals surface area contributed by atoms with Crippen LogP contribution in [0.2, 0.25) is 0 Å². The molecule has 2 aromatic carbocycles. The fourth-order valence-corrected chi connectivity index (χ4v) is 2.06. The molecule has 0 heterocycles. The molecule has 0 saturated heterocycles. The first-order chi connectivity index (χ1) is 8.58. The van der Waals surface area contributed by atoms with E-state index in [1.54, 1.807) is 0 Å². The van der Waals surface area contributed by atoms with Crippen LogP contribution in [-0.2, 0) is 6.42 Å². The Labute approximate surface area is 105 Å². The lowest BCUT2D eigenvalue weighted by Crippen LogP contribution is -2.16. The predicted molar refractivity (Wildman–Crippen MR) is 68.2 cm³/mol. The third-order valence-corrected chi connectivity index (χ3v) is 2.91. The summed E-state index contributed by atoms with van der Waals surface area (Å²) in [6.07, 6.45) is 0.416. The van der Waals surface area contributed by atoms with Crippen molar-refractivity contribution in [2.24, 2.45) is 5.73 Å². The predicted octanol–water partition coefficient (Wildman–Crippen LogP) is 3.52. The van der Waals surface area contributed by atoms with E-state index < -0.39 is 17.7 Å². The van der Waals surface area contributed by atoms with Gasteiger partial charge in [-0.15, -0.1) is 0 Å². The molecule has 1 atom stereocenters. The molecule has 0 spiro atoms. The maximum absolute atomic E-state index is 13.6. The molecule has 0 aromatic heterocycles. The molecule has 0 bridgehead atoms. The lowest BCUT2D eigenvalue weighted by Gasteiger charge is -2.14. The molecule has 1 nitrogen and oxygen atoms in total. The maximum atomic E-state index is 13.6. The van der Waals surface area contributed by atoms with E-state index in [1.165, 1.54) is 18.2 Å². The number of hydrogen-bond donors (Lipinski definition) is 1. The van der Waals surface area contributed by atoms with Crippen LogP contribution < -0.4 is 5.73 Å². The summed E-state index contributed by atoms with van der Waals surface area (Å²) in [6.45, 7) is 1.97. The number of nitrogens with two attached hydrogens (primary N) is 1. The summed E-state index contributed by atoms with van der Waals surface area (Å²) in [5.74, 6) is -1.18. The number of hydrogen-bond acceptors (Lipinski definition) is 1. The Morgan fingerprint density at radius 1 is 1.06 bits per heavy atom. The quantitative estimate of drug-likeness (QED) is 0.882. The highest BCUT2D eigenvalue weighted by molar-refractivity contribution is 5.28. The van der Waals surface area contributed by atoms with Gasteiger partial charge in [-0.3, -0.25) is 0 Å². The van der Waals surface area contributed by atoms with Gasteiger partial charge in [0.15, 0.2) is 0 Å². The average Bonchev–Trinajstić information content (AvgIpc) is 2.28. The van der Waals surface area contributed by atoms with Gasteiger partial charge in [-0.25, -0.2) is 8.78 Å². The molecule has 2 rings (SSSR count). The van der Waals surface area contributed by atoms with Crippen molar-refractivity contribution < 1.29 is 8.78 Å². The van der Waals surface area contributed by atoms with Gasteiger partial charge in [-0.1, -0.05) is 35.9 Å². The largest absolute Gasteiger partial charge is 0.323 e. The van der Waals surface area contributed by atoms with Crippen LogP contribution in [0.3, 0.4) is 0 Å². The molecule has 0 aliphatic carbocycles. The number of aryl methyl sites for hydroxylation is 1. The highest BCUT2D eigenvalue weighted by atomic mass is 19.1. The van der Waals surface area contributed by atoms with Crippen molar-refractivity contribution in [1.29, 1.82) is 0 Å². The van der Waals surface area contributed by atoms with Crippen molar-refractivity contribution in [3.63, 3.8) is 0 Å². The summed E-state index contributed by atoms with van der Waals surface area (Å²) in [5.41, 5.74) is 7.94. The van der Waals surface area contributed by atoms with E-state index in [-0.39, 0.29) is 5.56 Å². The molecular weight excluding hydrogens is 232 g/mol. The minimum atomic E-state index is -0.673. The molecule has 3 heteroatoms. The van der Waals surface area contributed by atoms with Crippen LogP contribution in [0.25, 0.3) is 0 Å². The van der Waals surface area contributed by atoms with Gasteiger partial charge in [0.2, 0.25) is 0 Å². The zero-order chi connectivity index (χ0) is 13.1. The molecule has 0 fully saturated rings. The van der Waals surface area contributed by atoms with Gasteiger partial charge in [0, 0.05) is 11.6 Å². The standard InChI is InChI=1S/C15H15F2N/c1-10-4-2-5-11(8-10)9-14(18)15-12(16)6-3-7-13(15)17/h2-8,14H,9,18H2,1H3. The zero-order valence-electron chi connectivity index (χ0n) is 10.2. The Bertz CT molecular complexity index is 532. The first kappa shape index (κ1) is 12.7. The van der Waals surface area contributed by atoms with E-state index in [2.05, 4.69) is 0 Å². The van der Waals surface area contributed by atoms with Crippen LogP contribution in [-0.4, -0.2) is 0 Å². The van der Waals surface area contributed by atoms with Gasteiger partial charge in [0.05, 0.1) is 0 Å². The van der Waals surface area contributed by atoms with Crippen LogP contribution in [0.4, 0.5) is 8.78 Å². The second kappa shape index (κ2) is 5.27. The smallest absolute Gasteiger partial charge is 0.130 e. The van der Waals surface area contributed by atoms with Crippen LogP contribution in [0.1, 0.15) is 22.7 Å². The van der Waals surface area contributed by atoms with Gasteiger partial charge in [0.25, 0.3) is 0 Å². The molecule has 0 aliphatic heterocycles. The van der Waals surface area contributed by atoms with Crippen LogP contribution in [0, 0.1) is 18.6 Å². The van der Waals surface area contributed by atoms with E-state index in [0.717, 1.165) is 11.1 Å². The highest BCUT2D eigenvalue weighted by Gasteiger charge is 2.16. The first-order valence-electron chi connectivity index (χ1n) is 5.83. The molecule has 94 valence electrons. The summed E-state index contributed by atoms with van der Waals surface area (Å²) < 4.78 is 27.1. The molecule has 18 heavy (non-hydrogen) atoms. The molecule has 2 N–H and O–H groups in total. The SMILES string of the molecule is Cc1cccc(CC(N)c2c(F)cccc2F)c1. The number of rotatable bonds is 3. The van der Waals surface area contributed by atoms with Crippen molar-refractivity contribution >= 4 is 0 Å². The van der Waals surface area contributed by atoms with E-state index >= 15 is 0 Å². The molecule has 0 aliphatic rings. The van der Waals surface area contributed by atoms with Gasteiger partial charge >= 0.3 is 0 Å². The molecule has 2 aromatic rings. The Hall–Kier alpha value is -1.74.